The van der Waals surface area contributed by atoms with Crippen LogP contribution < -0.4 is 5.32 Å². The standard InChI is InChI=1S/C8H5Cl3N2O3/c9-3-7(14)12-8-5(10)1-4(13(15)16)2-6(8)11/h1-2H,3H2,(H,12,14). The molecule has 1 aromatic carbocycles. The zero-order valence-electron chi connectivity index (χ0n) is 7.67. The third kappa shape index (κ3) is 2.98. The van der Waals surface area contributed by atoms with Gasteiger partial charge in [0, 0.05) is 12.1 Å². The maximum Gasteiger partial charge on any atom is 0.272 e. The van der Waals surface area contributed by atoms with Gasteiger partial charge in [0.25, 0.3) is 5.69 Å². The predicted molar refractivity (Wildman–Crippen MR) is 62.5 cm³/mol. The van der Waals surface area contributed by atoms with Crippen LogP contribution in [0.2, 0.25) is 10.0 Å². The highest BCUT2D eigenvalue weighted by molar-refractivity contribution is 6.40. The number of hydrogen-bond donors (Lipinski definition) is 1. The Morgan fingerprint density at radius 3 is 2.25 bits per heavy atom. The number of nitro benzene ring substituents is 1. The van der Waals surface area contributed by atoms with Gasteiger partial charge in [0.05, 0.1) is 20.7 Å². The van der Waals surface area contributed by atoms with E-state index < -0.39 is 10.8 Å². The van der Waals surface area contributed by atoms with Crippen LogP contribution in [0.1, 0.15) is 0 Å². The van der Waals surface area contributed by atoms with Gasteiger partial charge in [-0.25, -0.2) is 0 Å². The smallest absolute Gasteiger partial charge is 0.272 e. The van der Waals surface area contributed by atoms with Gasteiger partial charge >= 0.3 is 0 Å². The summed E-state index contributed by atoms with van der Waals surface area (Å²) in [5, 5.41) is 12.8. The summed E-state index contributed by atoms with van der Waals surface area (Å²) < 4.78 is 0. The molecular weight excluding hydrogens is 278 g/mol. The van der Waals surface area contributed by atoms with Crippen molar-refractivity contribution in [3.63, 3.8) is 0 Å². The normalized spacial score (nSPS) is 9.94. The van der Waals surface area contributed by atoms with E-state index in [9.17, 15) is 14.9 Å². The van der Waals surface area contributed by atoms with Crippen molar-refractivity contribution in [1.29, 1.82) is 0 Å². The summed E-state index contributed by atoms with van der Waals surface area (Å²) in [6.07, 6.45) is 0. The topological polar surface area (TPSA) is 72.2 Å². The predicted octanol–water partition coefficient (Wildman–Crippen LogP) is 3.08. The van der Waals surface area contributed by atoms with E-state index in [1.165, 1.54) is 0 Å². The van der Waals surface area contributed by atoms with Gasteiger partial charge in [-0.1, -0.05) is 23.2 Å². The molecule has 16 heavy (non-hydrogen) atoms. The Kier molecular flexibility index (Phi) is 4.35. The van der Waals surface area contributed by atoms with Gasteiger partial charge in [0.1, 0.15) is 5.88 Å². The fraction of sp³-hybridized carbons (Fsp3) is 0.125. The van der Waals surface area contributed by atoms with Crippen LogP contribution in [0.4, 0.5) is 11.4 Å². The van der Waals surface area contributed by atoms with Crippen LogP contribution in [0.5, 0.6) is 0 Å². The summed E-state index contributed by atoms with van der Waals surface area (Å²) in [5.41, 5.74) is -0.140. The van der Waals surface area contributed by atoms with Crippen molar-refractivity contribution in [3.8, 4) is 0 Å². The van der Waals surface area contributed by atoms with E-state index in [1.807, 2.05) is 0 Å². The SMILES string of the molecule is O=C(CCl)Nc1c(Cl)cc([N+](=O)[O-])cc1Cl. The molecule has 86 valence electrons. The van der Waals surface area contributed by atoms with Crippen LogP contribution in [0.3, 0.4) is 0 Å². The van der Waals surface area contributed by atoms with Crippen LogP contribution in [0, 0.1) is 10.1 Å². The number of non-ortho nitro benzene ring substituents is 1. The summed E-state index contributed by atoms with van der Waals surface area (Å²) in [6.45, 7) is 0. The highest BCUT2D eigenvalue weighted by atomic mass is 35.5. The number of nitrogens with zero attached hydrogens (tertiary/aromatic N) is 1. The molecule has 0 radical (unpaired) electrons. The lowest BCUT2D eigenvalue weighted by atomic mass is 10.3. The van der Waals surface area contributed by atoms with Crippen molar-refractivity contribution in [2.75, 3.05) is 11.2 Å². The number of benzene rings is 1. The molecule has 0 unspecified atom stereocenters. The van der Waals surface area contributed by atoms with E-state index in [1.54, 1.807) is 0 Å². The first kappa shape index (κ1) is 13.0. The maximum absolute atomic E-state index is 11.0. The lowest BCUT2D eigenvalue weighted by Crippen LogP contribution is -2.13. The number of carbonyl (C=O) groups excluding carboxylic acids is 1. The Morgan fingerprint density at radius 1 is 1.38 bits per heavy atom. The van der Waals surface area contributed by atoms with Crippen LogP contribution >= 0.6 is 34.8 Å². The zero-order valence-corrected chi connectivity index (χ0v) is 9.94. The zero-order chi connectivity index (χ0) is 12.3. The van der Waals surface area contributed by atoms with Gasteiger partial charge < -0.3 is 5.32 Å². The molecule has 1 rings (SSSR count). The molecule has 5 nitrogen and oxygen atoms in total. The third-order valence-electron chi connectivity index (χ3n) is 1.62. The number of hydrogen-bond acceptors (Lipinski definition) is 3. The lowest BCUT2D eigenvalue weighted by Gasteiger charge is -2.07. The van der Waals surface area contributed by atoms with E-state index in [2.05, 4.69) is 5.32 Å². The number of nitrogens with one attached hydrogen (secondary N) is 1. The second-order valence-corrected chi connectivity index (χ2v) is 3.80. The van der Waals surface area contributed by atoms with Crippen molar-refractivity contribution in [3.05, 3.63) is 32.3 Å². The van der Waals surface area contributed by atoms with Gasteiger partial charge in [-0.05, 0) is 0 Å². The summed E-state index contributed by atoms with van der Waals surface area (Å²) >= 11 is 16.7. The molecule has 8 heteroatoms. The molecule has 1 aromatic rings. The van der Waals surface area contributed by atoms with Crippen molar-refractivity contribution in [2.24, 2.45) is 0 Å². The van der Waals surface area contributed by atoms with Crippen molar-refractivity contribution >= 4 is 52.1 Å². The van der Waals surface area contributed by atoms with Crippen molar-refractivity contribution in [1.82, 2.24) is 0 Å². The van der Waals surface area contributed by atoms with Crippen molar-refractivity contribution in [2.45, 2.75) is 0 Å². The molecule has 0 aromatic heterocycles. The first-order valence-corrected chi connectivity index (χ1v) is 5.24. The largest absolute Gasteiger partial charge is 0.322 e. The highest BCUT2D eigenvalue weighted by Crippen LogP contribution is 2.34. The maximum atomic E-state index is 11.0. The number of alkyl halides is 1. The minimum atomic E-state index is -0.634. The van der Waals surface area contributed by atoms with Crippen LogP contribution in [0.25, 0.3) is 0 Å². The number of nitro groups is 1. The van der Waals surface area contributed by atoms with Gasteiger partial charge in [0.15, 0.2) is 0 Å². The summed E-state index contributed by atoms with van der Waals surface area (Å²) in [5.74, 6) is -0.761. The number of rotatable bonds is 3. The molecule has 0 aliphatic carbocycles. The third-order valence-corrected chi connectivity index (χ3v) is 2.46. The van der Waals surface area contributed by atoms with Gasteiger partial charge in [-0.3, -0.25) is 14.9 Å². The Bertz CT molecular complexity index is 427. The molecule has 0 spiro atoms. The fourth-order valence-electron chi connectivity index (χ4n) is 0.957. The molecule has 0 atom stereocenters. The van der Waals surface area contributed by atoms with E-state index in [0.29, 0.717) is 0 Å². The lowest BCUT2D eigenvalue weighted by molar-refractivity contribution is -0.384. The Hall–Kier alpha value is -1.04. The highest BCUT2D eigenvalue weighted by Gasteiger charge is 2.15. The first-order valence-electron chi connectivity index (χ1n) is 3.95. The summed E-state index contributed by atoms with van der Waals surface area (Å²) in [4.78, 5) is 20.9. The average Bonchev–Trinajstić information content (AvgIpc) is 2.22. The first-order chi connectivity index (χ1) is 7.45. The molecule has 0 aliphatic heterocycles. The van der Waals surface area contributed by atoms with Gasteiger partial charge in [-0.15, -0.1) is 11.6 Å². The Balaban J connectivity index is 3.12. The van der Waals surface area contributed by atoms with Crippen LogP contribution in [-0.2, 0) is 4.79 Å². The number of anilines is 1. The molecule has 1 amide bonds. The molecular formula is C8H5Cl3N2O3. The number of amides is 1. The minimum Gasteiger partial charge on any atom is -0.322 e. The van der Waals surface area contributed by atoms with Crippen LogP contribution in [0.15, 0.2) is 12.1 Å². The quantitative estimate of drug-likeness (QED) is 0.526. The van der Waals surface area contributed by atoms with Crippen molar-refractivity contribution < 1.29 is 9.72 Å². The van der Waals surface area contributed by atoms with E-state index in [0.717, 1.165) is 12.1 Å². The van der Waals surface area contributed by atoms with E-state index in [-0.39, 0.29) is 27.3 Å². The Labute approximate surface area is 105 Å². The molecule has 0 fully saturated rings. The molecule has 0 saturated carbocycles. The van der Waals surface area contributed by atoms with Gasteiger partial charge in [0.2, 0.25) is 5.91 Å². The fourth-order valence-corrected chi connectivity index (χ4v) is 1.59. The van der Waals surface area contributed by atoms with Crippen LogP contribution in [-0.4, -0.2) is 16.7 Å². The number of halogens is 3. The second kappa shape index (κ2) is 5.34. The number of carbonyl (C=O) groups is 1. The molecule has 0 bridgehead atoms. The van der Waals surface area contributed by atoms with E-state index >= 15 is 0 Å². The van der Waals surface area contributed by atoms with Gasteiger partial charge in [-0.2, -0.15) is 0 Å². The summed E-state index contributed by atoms with van der Waals surface area (Å²) in [6, 6.07) is 2.19. The molecule has 0 heterocycles. The minimum absolute atomic E-state index is 0.0160. The summed E-state index contributed by atoms with van der Waals surface area (Å²) in [7, 11) is 0. The molecule has 0 saturated heterocycles. The Morgan fingerprint density at radius 2 is 1.88 bits per heavy atom. The molecule has 0 aliphatic rings. The average molecular weight is 283 g/mol. The monoisotopic (exact) mass is 282 g/mol. The second-order valence-electron chi connectivity index (χ2n) is 2.72. The van der Waals surface area contributed by atoms with E-state index in [4.69, 9.17) is 34.8 Å². The molecule has 1 N–H and O–H groups in total.